The van der Waals surface area contributed by atoms with Gasteiger partial charge in [0.2, 0.25) is 5.88 Å². The number of rotatable bonds is 7. The van der Waals surface area contributed by atoms with E-state index in [1.54, 1.807) is 7.05 Å². The molecule has 3 aliphatic rings. The molecule has 0 saturated carbocycles. The fraction of sp³-hybridized carbons (Fsp3) is 0.519. The van der Waals surface area contributed by atoms with Crippen LogP contribution in [0.5, 0.6) is 11.9 Å². The van der Waals surface area contributed by atoms with Crippen LogP contribution in [0.1, 0.15) is 24.8 Å². The number of aromatic nitrogens is 3. The molecule has 0 radical (unpaired) electrons. The summed E-state index contributed by atoms with van der Waals surface area (Å²) in [6, 6.07) is 1.73. The molecule has 1 aromatic carbocycles. The molecule has 226 valence electrons. The first-order valence-electron chi connectivity index (χ1n) is 13.6. The third-order valence-corrected chi connectivity index (χ3v) is 8.42. The number of nitrogen functional groups attached to an aromatic ring is 1. The second-order valence-corrected chi connectivity index (χ2v) is 11.3. The Bertz CT molecular complexity index is 1530. The SMILES string of the molecule is CNCCN1CCOc2nc(-c3cc(N)cc(Cl)c3C(F)(F)F)c(F)c3nc(OC[C@@]45CCCN4C[C@H](F)C5)nc1c23. The van der Waals surface area contributed by atoms with E-state index in [1.165, 1.54) is 0 Å². The number of likely N-dealkylation sites (N-methyl/N-ethyl adjacent to an activating group) is 1. The van der Waals surface area contributed by atoms with E-state index in [2.05, 4.69) is 25.2 Å². The quantitative estimate of drug-likeness (QED) is 0.295. The van der Waals surface area contributed by atoms with Crippen molar-refractivity contribution in [2.75, 3.05) is 63.6 Å². The molecular formula is C27H29ClF5N7O2. The van der Waals surface area contributed by atoms with Gasteiger partial charge < -0.3 is 25.4 Å². The van der Waals surface area contributed by atoms with Crippen LogP contribution < -0.4 is 25.4 Å². The first-order valence-corrected chi connectivity index (χ1v) is 14.0. The lowest BCUT2D eigenvalue weighted by atomic mass is 9.95. The molecule has 3 aliphatic heterocycles. The number of nitrogens with one attached hydrogen (secondary N) is 1. The second kappa shape index (κ2) is 10.8. The molecule has 2 saturated heterocycles. The van der Waals surface area contributed by atoms with Crippen LogP contribution in [-0.4, -0.2) is 84.5 Å². The molecule has 3 aromatic rings. The molecule has 3 N–H and O–H groups in total. The normalized spacial score (nSPS) is 22.4. The highest BCUT2D eigenvalue weighted by Gasteiger charge is 2.49. The number of nitrogens with two attached hydrogens (primary N) is 1. The highest BCUT2D eigenvalue weighted by molar-refractivity contribution is 6.32. The number of alkyl halides is 4. The number of fused-ring (bicyclic) bond motifs is 1. The van der Waals surface area contributed by atoms with Crippen molar-refractivity contribution >= 4 is 34.0 Å². The molecule has 2 aromatic heterocycles. The molecule has 15 heteroatoms. The van der Waals surface area contributed by atoms with E-state index in [0.29, 0.717) is 32.6 Å². The van der Waals surface area contributed by atoms with Crippen molar-refractivity contribution in [3.63, 3.8) is 0 Å². The zero-order valence-electron chi connectivity index (χ0n) is 22.7. The van der Waals surface area contributed by atoms with Gasteiger partial charge in [-0.05, 0) is 38.6 Å². The lowest BCUT2D eigenvalue weighted by Crippen LogP contribution is -2.43. The Balaban J connectivity index is 1.52. The molecule has 9 nitrogen and oxygen atoms in total. The molecule has 42 heavy (non-hydrogen) atoms. The van der Waals surface area contributed by atoms with Gasteiger partial charge in [0, 0.05) is 37.3 Å². The topological polar surface area (TPSA) is 102 Å². The maximum Gasteiger partial charge on any atom is 0.418 e. The van der Waals surface area contributed by atoms with Crippen LogP contribution in [0.2, 0.25) is 5.02 Å². The number of hydrogen-bond acceptors (Lipinski definition) is 9. The Kier molecular flexibility index (Phi) is 7.42. The van der Waals surface area contributed by atoms with Crippen LogP contribution in [0.25, 0.3) is 22.2 Å². The minimum Gasteiger partial charge on any atom is -0.475 e. The zero-order chi connectivity index (χ0) is 29.8. The number of halogens is 6. The molecular weight excluding hydrogens is 585 g/mol. The summed E-state index contributed by atoms with van der Waals surface area (Å²) in [7, 11) is 1.78. The molecule has 0 spiro atoms. The summed E-state index contributed by atoms with van der Waals surface area (Å²) in [5, 5.41) is 2.46. The molecule has 0 amide bonds. The number of hydrogen-bond donors (Lipinski definition) is 2. The maximum atomic E-state index is 16.4. The number of benzene rings is 1. The molecule has 5 heterocycles. The Morgan fingerprint density at radius 3 is 2.81 bits per heavy atom. The summed E-state index contributed by atoms with van der Waals surface area (Å²) < 4.78 is 85.0. The fourth-order valence-electron chi connectivity index (χ4n) is 6.25. The highest BCUT2D eigenvalue weighted by Crippen LogP contribution is 2.46. The molecule has 0 aliphatic carbocycles. The predicted molar refractivity (Wildman–Crippen MR) is 147 cm³/mol. The van der Waals surface area contributed by atoms with Crippen LogP contribution in [0, 0.1) is 5.82 Å². The van der Waals surface area contributed by atoms with Gasteiger partial charge in [-0.25, -0.2) is 13.8 Å². The van der Waals surface area contributed by atoms with Crippen LogP contribution >= 0.6 is 11.6 Å². The van der Waals surface area contributed by atoms with Crippen molar-refractivity contribution in [3.05, 3.63) is 28.5 Å². The molecule has 2 atom stereocenters. The third-order valence-electron chi connectivity index (χ3n) is 8.13. The highest BCUT2D eigenvalue weighted by atomic mass is 35.5. The van der Waals surface area contributed by atoms with Crippen LogP contribution in [-0.2, 0) is 6.18 Å². The van der Waals surface area contributed by atoms with E-state index in [4.69, 9.17) is 26.8 Å². The van der Waals surface area contributed by atoms with Crippen molar-refractivity contribution in [2.24, 2.45) is 0 Å². The van der Waals surface area contributed by atoms with E-state index >= 15 is 4.39 Å². The molecule has 2 fully saturated rings. The van der Waals surface area contributed by atoms with E-state index in [-0.39, 0.29) is 47.5 Å². The van der Waals surface area contributed by atoms with Crippen molar-refractivity contribution < 1.29 is 31.4 Å². The molecule has 0 unspecified atom stereocenters. The van der Waals surface area contributed by atoms with Gasteiger partial charge in [-0.3, -0.25) is 4.90 Å². The van der Waals surface area contributed by atoms with Gasteiger partial charge in [0.1, 0.15) is 41.8 Å². The van der Waals surface area contributed by atoms with Gasteiger partial charge >= 0.3 is 12.2 Å². The van der Waals surface area contributed by atoms with E-state index in [9.17, 15) is 17.6 Å². The second-order valence-electron chi connectivity index (χ2n) is 10.9. The Hall–Kier alpha value is -3.23. The smallest absolute Gasteiger partial charge is 0.418 e. The van der Waals surface area contributed by atoms with E-state index < -0.39 is 45.5 Å². The Morgan fingerprint density at radius 1 is 1.24 bits per heavy atom. The summed E-state index contributed by atoms with van der Waals surface area (Å²) in [6.45, 7) is 2.60. The predicted octanol–water partition coefficient (Wildman–Crippen LogP) is 4.46. The number of anilines is 2. The van der Waals surface area contributed by atoms with Gasteiger partial charge in [-0.15, -0.1) is 0 Å². The van der Waals surface area contributed by atoms with Crippen molar-refractivity contribution in [2.45, 2.75) is 37.1 Å². The summed E-state index contributed by atoms with van der Waals surface area (Å²) in [5.74, 6) is -0.995. The number of ether oxygens (including phenoxy) is 2. The number of nitrogens with zero attached hydrogens (tertiary/aromatic N) is 5. The maximum absolute atomic E-state index is 16.4. The molecule has 6 rings (SSSR count). The summed E-state index contributed by atoms with van der Waals surface area (Å²) in [6.07, 6.45) is -3.98. The van der Waals surface area contributed by atoms with Crippen LogP contribution in [0.3, 0.4) is 0 Å². The van der Waals surface area contributed by atoms with Crippen LogP contribution in [0.4, 0.5) is 33.5 Å². The standard InChI is InChI=1S/C27H29ClF5N7O2/c1-35-4-6-39-7-8-41-24-18-22(20(30)21(36-24)16-9-15(34)10-17(28)19(16)27(31,32)33)37-25(38-23(18)39)42-13-26-3-2-5-40(26)12-14(29)11-26/h9-10,14,35H,2-8,11-13,34H2,1H3/t14-,26+/m1/s1. The van der Waals surface area contributed by atoms with Crippen molar-refractivity contribution in [1.82, 2.24) is 25.2 Å². The first-order chi connectivity index (χ1) is 20.0. The summed E-state index contributed by atoms with van der Waals surface area (Å²) >= 11 is 5.96. The summed E-state index contributed by atoms with van der Waals surface area (Å²) in [5.41, 5.74) is 2.27. The van der Waals surface area contributed by atoms with Crippen molar-refractivity contribution in [3.8, 4) is 23.1 Å². The largest absolute Gasteiger partial charge is 0.475 e. The Morgan fingerprint density at radius 2 is 2.05 bits per heavy atom. The third kappa shape index (κ3) is 5.02. The molecule has 0 bridgehead atoms. The zero-order valence-corrected chi connectivity index (χ0v) is 23.5. The van der Waals surface area contributed by atoms with Gasteiger partial charge in [0.15, 0.2) is 5.82 Å². The summed E-state index contributed by atoms with van der Waals surface area (Å²) in [4.78, 5) is 17.0. The van der Waals surface area contributed by atoms with Gasteiger partial charge in [0.05, 0.1) is 22.7 Å². The van der Waals surface area contributed by atoms with Gasteiger partial charge in [-0.1, -0.05) is 11.6 Å². The number of pyridine rings is 1. The van der Waals surface area contributed by atoms with Crippen molar-refractivity contribution in [1.29, 1.82) is 0 Å². The Labute approximate surface area is 243 Å². The fourth-order valence-corrected chi connectivity index (χ4v) is 6.59. The van der Waals surface area contributed by atoms with E-state index in [1.807, 2.05) is 4.90 Å². The minimum absolute atomic E-state index is 0.0842. The minimum atomic E-state index is -4.94. The average Bonchev–Trinajstić information content (AvgIpc) is 3.38. The monoisotopic (exact) mass is 613 g/mol. The lowest BCUT2D eigenvalue weighted by Gasteiger charge is -2.31. The van der Waals surface area contributed by atoms with E-state index in [0.717, 1.165) is 31.5 Å². The van der Waals surface area contributed by atoms with Crippen LogP contribution in [0.15, 0.2) is 12.1 Å². The average molecular weight is 614 g/mol. The lowest BCUT2D eigenvalue weighted by molar-refractivity contribution is -0.137. The van der Waals surface area contributed by atoms with Gasteiger partial charge in [0.25, 0.3) is 0 Å². The first kappa shape index (κ1) is 28.9. The van der Waals surface area contributed by atoms with Gasteiger partial charge in [-0.2, -0.15) is 23.1 Å².